The van der Waals surface area contributed by atoms with Crippen molar-refractivity contribution in [3.05, 3.63) is 70.1 Å². The molecule has 0 radical (unpaired) electrons. The molecule has 3 aromatic rings. The number of nitrogens with two attached hydrogens (primary N) is 2. The highest BCUT2D eigenvalue weighted by atomic mass is 16.4. The minimum atomic E-state index is -0.480. The van der Waals surface area contributed by atoms with Gasteiger partial charge in [0.1, 0.15) is 12.3 Å². The van der Waals surface area contributed by atoms with Crippen LogP contribution in [0.25, 0.3) is 11.3 Å². The second-order valence-electron chi connectivity index (χ2n) is 7.95. The number of oxime groups is 1. The largest absolute Gasteiger partial charge is 0.508 e. The van der Waals surface area contributed by atoms with E-state index in [9.17, 15) is 14.7 Å². The summed E-state index contributed by atoms with van der Waals surface area (Å²) in [5, 5.41) is 27.4. The smallest absolute Gasteiger partial charge is 0.294 e. The highest BCUT2D eigenvalue weighted by Gasteiger charge is 2.16. The topological polar surface area (TPSA) is 181 Å². The van der Waals surface area contributed by atoms with E-state index < -0.39 is 11.5 Å². The van der Waals surface area contributed by atoms with Crippen molar-refractivity contribution in [2.24, 2.45) is 10.9 Å². The number of aromatic nitrogens is 2. The van der Waals surface area contributed by atoms with Crippen molar-refractivity contribution in [3.63, 3.8) is 0 Å². The van der Waals surface area contributed by atoms with Gasteiger partial charge in [0.25, 0.3) is 5.56 Å². The summed E-state index contributed by atoms with van der Waals surface area (Å²) in [5.41, 5.74) is 13.3. The number of hydrogen-bond acceptors (Lipinski definition) is 8. The van der Waals surface area contributed by atoms with Crippen molar-refractivity contribution >= 4 is 23.2 Å². The van der Waals surface area contributed by atoms with E-state index in [2.05, 4.69) is 20.8 Å². The maximum absolute atomic E-state index is 13.1. The molecule has 0 saturated carbocycles. The number of aromatic hydroxyl groups is 1. The van der Waals surface area contributed by atoms with Crippen LogP contribution in [0.1, 0.15) is 25.0 Å². The third-order valence-corrected chi connectivity index (χ3v) is 4.86. The molecular weight excluding hydrogens is 438 g/mol. The first-order valence-corrected chi connectivity index (χ1v) is 10.5. The van der Waals surface area contributed by atoms with Gasteiger partial charge in [-0.2, -0.15) is 0 Å². The Balaban J connectivity index is 1.86. The van der Waals surface area contributed by atoms with Crippen molar-refractivity contribution in [1.29, 1.82) is 0 Å². The second-order valence-corrected chi connectivity index (χ2v) is 7.95. The van der Waals surface area contributed by atoms with Crippen LogP contribution in [-0.4, -0.2) is 37.6 Å². The normalized spacial score (nSPS) is 11.4. The van der Waals surface area contributed by atoms with Gasteiger partial charge in [0.05, 0.1) is 11.9 Å². The highest BCUT2D eigenvalue weighted by Crippen LogP contribution is 2.26. The predicted octanol–water partition coefficient (Wildman–Crippen LogP) is 1.43. The highest BCUT2D eigenvalue weighted by molar-refractivity contribution is 5.97. The average molecular weight is 466 g/mol. The Kier molecular flexibility index (Phi) is 7.36. The van der Waals surface area contributed by atoms with E-state index in [0.717, 1.165) is 5.56 Å². The number of amides is 1. The number of phenolic OH excluding ortho intramolecular Hbond substituents is 1. The third kappa shape index (κ3) is 5.82. The fourth-order valence-electron chi connectivity index (χ4n) is 3.28. The quantitative estimate of drug-likeness (QED) is 0.0949. The van der Waals surface area contributed by atoms with E-state index in [1.54, 1.807) is 30.3 Å². The first-order valence-electron chi connectivity index (χ1n) is 10.5. The summed E-state index contributed by atoms with van der Waals surface area (Å²) in [6.07, 6.45) is 1.46. The molecule has 1 amide bonds. The molecule has 0 unspecified atom stereocenters. The zero-order valence-electron chi connectivity index (χ0n) is 18.8. The number of nitrogen functional groups attached to an aromatic ring is 1. The molecule has 8 N–H and O–H groups in total. The van der Waals surface area contributed by atoms with E-state index in [-0.39, 0.29) is 36.5 Å². The zero-order chi connectivity index (χ0) is 24.8. The van der Waals surface area contributed by atoms with Crippen LogP contribution in [0.15, 0.2) is 58.6 Å². The van der Waals surface area contributed by atoms with Crippen molar-refractivity contribution in [2.45, 2.75) is 33.0 Å². The maximum atomic E-state index is 13.1. The van der Waals surface area contributed by atoms with Gasteiger partial charge in [0.15, 0.2) is 11.7 Å². The lowest BCUT2D eigenvalue weighted by Gasteiger charge is -2.16. The van der Waals surface area contributed by atoms with Crippen molar-refractivity contribution in [3.8, 4) is 17.0 Å². The number of nitrogens with one attached hydrogen (secondary N) is 2. The van der Waals surface area contributed by atoms with E-state index in [0.29, 0.717) is 22.5 Å². The Hall–Kier alpha value is -4.54. The summed E-state index contributed by atoms with van der Waals surface area (Å²) in [6.45, 7) is 3.67. The molecule has 0 bridgehead atoms. The van der Waals surface area contributed by atoms with Gasteiger partial charge < -0.3 is 32.4 Å². The van der Waals surface area contributed by atoms with Gasteiger partial charge in [-0.1, -0.05) is 29.4 Å². The predicted molar refractivity (Wildman–Crippen MR) is 130 cm³/mol. The molecule has 0 spiro atoms. The Morgan fingerprint density at radius 3 is 2.53 bits per heavy atom. The van der Waals surface area contributed by atoms with Crippen LogP contribution in [0.3, 0.4) is 0 Å². The Morgan fingerprint density at radius 2 is 1.91 bits per heavy atom. The SMILES string of the molecule is CC(C)Nc1ncc(-c2cc(N)cc(O)c2)n(CC(=O)NCc2ccc(/C(N)=N/O)cc2)c1=O. The molecule has 0 atom stereocenters. The molecule has 0 aliphatic carbocycles. The minimum Gasteiger partial charge on any atom is -0.508 e. The maximum Gasteiger partial charge on any atom is 0.294 e. The van der Waals surface area contributed by atoms with Crippen LogP contribution in [0, 0.1) is 0 Å². The van der Waals surface area contributed by atoms with Gasteiger partial charge in [-0.05, 0) is 31.5 Å². The number of rotatable bonds is 8. The summed E-state index contributed by atoms with van der Waals surface area (Å²) in [4.78, 5) is 30.1. The van der Waals surface area contributed by atoms with Crippen molar-refractivity contribution < 1.29 is 15.1 Å². The van der Waals surface area contributed by atoms with Gasteiger partial charge in [0, 0.05) is 35.5 Å². The molecule has 0 saturated heterocycles. The fraction of sp³-hybridized carbons (Fsp3) is 0.217. The molecule has 11 heteroatoms. The van der Waals surface area contributed by atoms with Crippen molar-refractivity contribution in [2.75, 3.05) is 11.1 Å². The van der Waals surface area contributed by atoms with Gasteiger partial charge in [-0.3, -0.25) is 14.2 Å². The number of anilines is 2. The van der Waals surface area contributed by atoms with E-state index in [4.69, 9.17) is 16.7 Å². The van der Waals surface area contributed by atoms with Gasteiger partial charge >= 0.3 is 0 Å². The summed E-state index contributed by atoms with van der Waals surface area (Å²) >= 11 is 0. The molecule has 0 fully saturated rings. The van der Waals surface area contributed by atoms with E-state index in [1.165, 1.54) is 22.9 Å². The van der Waals surface area contributed by atoms with Crippen LogP contribution < -0.4 is 27.7 Å². The summed E-state index contributed by atoms with van der Waals surface area (Å²) < 4.78 is 1.28. The van der Waals surface area contributed by atoms with Crippen LogP contribution in [0.4, 0.5) is 11.5 Å². The summed E-state index contributed by atoms with van der Waals surface area (Å²) in [7, 11) is 0. The average Bonchev–Trinajstić information content (AvgIpc) is 2.79. The lowest BCUT2D eigenvalue weighted by Crippen LogP contribution is -2.35. The van der Waals surface area contributed by atoms with Gasteiger partial charge in [-0.15, -0.1) is 0 Å². The second kappa shape index (κ2) is 10.4. The lowest BCUT2D eigenvalue weighted by molar-refractivity contribution is -0.121. The molecule has 0 aliphatic heterocycles. The Labute approximate surface area is 195 Å². The molecule has 178 valence electrons. The molecule has 1 aromatic heterocycles. The fourth-order valence-corrected chi connectivity index (χ4v) is 3.28. The number of hydrogen-bond donors (Lipinski definition) is 6. The standard InChI is InChI=1S/C23H27N7O4/c1-13(2)28-22-23(33)30(19(11-27-22)16-7-17(24)9-18(31)8-16)12-20(32)26-10-14-3-5-15(6-4-14)21(25)29-34/h3-9,11,13,31,34H,10,12,24H2,1-2H3,(H2,25,29)(H,26,32)(H,27,28). The molecule has 11 nitrogen and oxygen atoms in total. The number of nitrogens with zero attached hydrogens (tertiary/aromatic N) is 3. The summed E-state index contributed by atoms with van der Waals surface area (Å²) in [6, 6.07) is 11.2. The van der Waals surface area contributed by atoms with Crippen molar-refractivity contribution in [1.82, 2.24) is 14.9 Å². The molecular formula is C23H27N7O4. The first kappa shape index (κ1) is 24.1. The summed E-state index contributed by atoms with van der Waals surface area (Å²) in [5.74, 6) is -0.381. The Morgan fingerprint density at radius 1 is 1.21 bits per heavy atom. The van der Waals surface area contributed by atoms with Crippen LogP contribution in [0.5, 0.6) is 5.75 Å². The molecule has 2 aromatic carbocycles. The van der Waals surface area contributed by atoms with Crippen LogP contribution in [-0.2, 0) is 17.9 Å². The van der Waals surface area contributed by atoms with E-state index >= 15 is 0 Å². The number of carbonyl (C=O) groups is 1. The van der Waals surface area contributed by atoms with Crippen LogP contribution >= 0.6 is 0 Å². The molecule has 3 rings (SSSR count). The third-order valence-electron chi connectivity index (χ3n) is 4.86. The molecule has 34 heavy (non-hydrogen) atoms. The first-order chi connectivity index (χ1) is 16.2. The van der Waals surface area contributed by atoms with Gasteiger partial charge in [0.2, 0.25) is 5.91 Å². The number of carbonyl (C=O) groups excluding carboxylic acids is 1. The van der Waals surface area contributed by atoms with Gasteiger partial charge in [-0.25, -0.2) is 4.98 Å². The number of amidine groups is 1. The minimum absolute atomic E-state index is 0.0152. The molecule has 1 heterocycles. The molecule has 0 aliphatic rings. The monoisotopic (exact) mass is 465 g/mol. The van der Waals surface area contributed by atoms with E-state index in [1.807, 2.05) is 13.8 Å². The number of phenols is 1. The Bertz CT molecular complexity index is 1250. The zero-order valence-corrected chi connectivity index (χ0v) is 18.8. The lowest BCUT2D eigenvalue weighted by atomic mass is 10.1. The number of benzene rings is 2. The van der Waals surface area contributed by atoms with Crippen LogP contribution in [0.2, 0.25) is 0 Å².